The Morgan fingerprint density at radius 1 is 1.22 bits per heavy atom. The fraction of sp³-hybridized carbons (Fsp3) is 0.440. The van der Waals surface area contributed by atoms with E-state index in [1.165, 1.54) is 24.0 Å². The van der Waals surface area contributed by atoms with Crippen molar-refractivity contribution >= 4 is 16.9 Å². The molecule has 2 aromatic carbocycles. The maximum atomic E-state index is 6.40. The minimum absolute atomic E-state index is 0.516. The number of hydrogen-bond acceptors (Lipinski definition) is 2. The molecule has 1 aliphatic carbocycles. The average Bonchev–Trinajstić information content (AvgIpc) is 3.51. The first-order chi connectivity index (χ1) is 12.9. The van der Waals surface area contributed by atoms with Crippen LogP contribution in [0.1, 0.15) is 74.1 Å². The lowest BCUT2D eigenvalue weighted by atomic mass is 9.84. The van der Waals surface area contributed by atoms with E-state index in [1.54, 1.807) is 5.56 Å². The summed E-state index contributed by atoms with van der Waals surface area (Å²) in [5.41, 5.74) is 14.9. The standard InChI is InChI=1S/C25H34N2/c1-6-17(3)21-8-7-9-24(25(21)26)27-15-18(4)19(5)22-13-10-16(2)14-23(22)20-11-12-20/h7-10,13-14,18-20,27H,3,6,11-12,15,26H2,1-2,4-5H3. The van der Waals surface area contributed by atoms with Crippen LogP contribution < -0.4 is 11.1 Å². The summed E-state index contributed by atoms with van der Waals surface area (Å²) in [6.45, 7) is 14.1. The van der Waals surface area contributed by atoms with E-state index in [2.05, 4.69) is 76.0 Å². The molecule has 2 unspecified atom stereocenters. The van der Waals surface area contributed by atoms with Crippen LogP contribution in [0.3, 0.4) is 0 Å². The van der Waals surface area contributed by atoms with E-state index in [-0.39, 0.29) is 0 Å². The lowest BCUT2D eigenvalue weighted by Crippen LogP contribution is -2.19. The number of anilines is 2. The van der Waals surface area contributed by atoms with Crippen LogP contribution in [0, 0.1) is 12.8 Å². The summed E-state index contributed by atoms with van der Waals surface area (Å²) in [6.07, 6.45) is 3.61. The van der Waals surface area contributed by atoms with Crippen LogP contribution in [0.25, 0.3) is 5.57 Å². The maximum absolute atomic E-state index is 6.40. The Morgan fingerprint density at radius 3 is 2.63 bits per heavy atom. The Bertz CT molecular complexity index is 817. The summed E-state index contributed by atoms with van der Waals surface area (Å²) in [4.78, 5) is 0. The highest BCUT2D eigenvalue weighted by Crippen LogP contribution is 2.44. The van der Waals surface area contributed by atoms with Crippen molar-refractivity contribution in [2.75, 3.05) is 17.6 Å². The number of aryl methyl sites for hydroxylation is 1. The number of benzene rings is 2. The summed E-state index contributed by atoms with van der Waals surface area (Å²) in [5, 5.41) is 3.59. The molecule has 0 aliphatic heterocycles. The molecule has 0 saturated heterocycles. The van der Waals surface area contributed by atoms with E-state index >= 15 is 0 Å². The van der Waals surface area contributed by atoms with E-state index in [0.717, 1.165) is 41.4 Å². The second-order valence-electron chi connectivity index (χ2n) is 8.28. The van der Waals surface area contributed by atoms with Crippen LogP contribution in [0.5, 0.6) is 0 Å². The predicted octanol–water partition coefficient (Wildman–Crippen LogP) is 6.73. The second kappa shape index (κ2) is 8.21. The molecule has 0 radical (unpaired) electrons. The number of rotatable bonds is 8. The van der Waals surface area contributed by atoms with Crippen molar-refractivity contribution in [1.82, 2.24) is 0 Å². The Kier molecular flexibility index (Phi) is 5.94. The first-order valence-corrected chi connectivity index (χ1v) is 10.3. The second-order valence-corrected chi connectivity index (χ2v) is 8.28. The molecule has 0 heterocycles. The van der Waals surface area contributed by atoms with E-state index < -0.39 is 0 Å². The normalized spacial score (nSPS) is 16.0. The zero-order valence-electron chi connectivity index (χ0n) is 17.3. The molecular formula is C25H34N2. The fourth-order valence-corrected chi connectivity index (χ4v) is 3.83. The minimum Gasteiger partial charge on any atom is -0.397 e. The average molecular weight is 363 g/mol. The monoisotopic (exact) mass is 362 g/mol. The molecule has 144 valence electrons. The number of allylic oxidation sites excluding steroid dienone is 1. The van der Waals surface area contributed by atoms with Gasteiger partial charge in [-0.3, -0.25) is 0 Å². The van der Waals surface area contributed by atoms with Gasteiger partial charge in [-0.1, -0.05) is 63.2 Å². The van der Waals surface area contributed by atoms with Crippen molar-refractivity contribution in [2.45, 2.75) is 58.8 Å². The first kappa shape index (κ1) is 19.5. The molecule has 0 bridgehead atoms. The fourth-order valence-electron chi connectivity index (χ4n) is 3.83. The maximum Gasteiger partial charge on any atom is 0.0626 e. The van der Waals surface area contributed by atoms with Gasteiger partial charge in [0.15, 0.2) is 0 Å². The van der Waals surface area contributed by atoms with Crippen LogP contribution in [0.2, 0.25) is 0 Å². The molecule has 2 nitrogen and oxygen atoms in total. The molecule has 2 atom stereocenters. The third kappa shape index (κ3) is 4.37. The molecule has 0 aromatic heterocycles. The molecular weight excluding hydrogens is 328 g/mol. The van der Waals surface area contributed by atoms with Gasteiger partial charge >= 0.3 is 0 Å². The minimum atomic E-state index is 0.516. The number of nitrogens with one attached hydrogen (secondary N) is 1. The molecule has 1 saturated carbocycles. The zero-order chi connectivity index (χ0) is 19.6. The quantitative estimate of drug-likeness (QED) is 0.511. The van der Waals surface area contributed by atoms with E-state index in [9.17, 15) is 0 Å². The molecule has 1 aliphatic rings. The molecule has 0 spiro atoms. The summed E-state index contributed by atoms with van der Waals surface area (Å²) in [5.74, 6) is 1.82. The van der Waals surface area contributed by atoms with Crippen LogP contribution in [-0.4, -0.2) is 6.54 Å². The van der Waals surface area contributed by atoms with Gasteiger partial charge in [0.1, 0.15) is 0 Å². The SMILES string of the molecule is C=C(CC)c1cccc(NCC(C)C(C)c2ccc(C)cc2C2CC2)c1N. The van der Waals surface area contributed by atoms with Crippen LogP contribution >= 0.6 is 0 Å². The van der Waals surface area contributed by atoms with E-state index in [0.29, 0.717) is 11.8 Å². The first-order valence-electron chi connectivity index (χ1n) is 10.3. The van der Waals surface area contributed by atoms with Gasteiger partial charge < -0.3 is 11.1 Å². The highest BCUT2D eigenvalue weighted by Gasteiger charge is 2.28. The number of para-hydroxylation sites is 1. The van der Waals surface area contributed by atoms with Crippen LogP contribution in [0.4, 0.5) is 11.4 Å². The molecule has 0 amide bonds. The third-order valence-electron chi connectivity index (χ3n) is 6.13. The van der Waals surface area contributed by atoms with Crippen molar-refractivity contribution in [3.05, 3.63) is 65.2 Å². The highest BCUT2D eigenvalue weighted by molar-refractivity contribution is 5.82. The van der Waals surface area contributed by atoms with Crippen molar-refractivity contribution in [2.24, 2.45) is 5.92 Å². The van der Waals surface area contributed by atoms with Gasteiger partial charge in [0.25, 0.3) is 0 Å². The zero-order valence-corrected chi connectivity index (χ0v) is 17.3. The Hall–Kier alpha value is -2.22. The number of nitrogen functional groups attached to an aromatic ring is 1. The molecule has 3 rings (SSSR count). The van der Waals surface area contributed by atoms with E-state index in [4.69, 9.17) is 5.73 Å². The van der Waals surface area contributed by atoms with Gasteiger partial charge in [0.05, 0.1) is 11.4 Å². The van der Waals surface area contributed by atoms with Crippen LogP contribution in [0.15, 0.2) is 43.0 Å². The van der Waals surface area contributed by atoms with Crippen molar-refractivity contribution in [1.29, 1.82) is 0 Å². The van der Waals surface area contributed by atoms with Crippen LogP contribution in [-0.2, 0) is 0 Å². The summed E-state index contributed by atoms with van der Waals surface area (Å²) in [7, 11) is 0. The summed E-state index contributed by atoms with van der Waals surface area (Å²) < 4.78 is 0. The number of nitrogens with two attached hydrogens (primary N) is 1. The third-order valence-corrected chi connectivity index (χ3v) is 6.13. The Balaban J connectivity index is 1.71. The lowest BCUT2D eigenvalue weighted by molar-refractivity contribution is 0.509. The Labute approximate surface area is 164 Å². The molecule has 3 N–H and O–H groups in total. The molecule has 1 fully saturated rings. The smallest absolute Gasteiger partial charge is 0.0626 e. The lowest BCUT2D eigenvalue weighted by Gasteiger charge is -2.25. The van der Waals surface area contributed by atoms with Crippen molar-refractivity contribution in [3.63, 3.8) is 0 Å². The highest BCUT2D eigenvalue weighted by atomic mass is 14.9. The van der Waals surface area contributed by atoms with Gasteiger partial charge in [0.2, 0.25) is 0 Å². The van der Waals surface area contributed by atoms with Gasteiger partial charge in [-0.15, -0.1) is 0 Å². The predicted molar refractivity (Wildman–Crippen MR) is 119 cm³/mol. The van der Waals surface area contributed by atoms with E-state index in [1.807, 2.05) is 0 Å². The summed E-state index contributed by atoms with van der Waals surface area (Å²) in [6, 6.07) is 13.2. The number of hydrogen-bond donors (Lipinski definition) is 2. The van der Waals surface area contributed by atoms with Crippen molar-refractivity contribution in [3.8, 4) is 0 Å². The van der Waals surface area contributed by atoms with Gasteiger partial charge in [0, 0.05) is 12.1 Å². The molecule has 2 heteroatoms. The molecule has 27 heavy (non-hydrogen) atoms. The van der Waals surface area contributed by atoms with Gasteiger partial charge in [-0.25, -0.2) is 0 Å². The van der Waals surface area contributed by atoms with Crippen molar-refractivity contribution < 1.29 is 0 Å². The topological polar surface area (TPSA) is 38.0 Å². The Morgan fingerprint density at radius 2 is 1.96 bits per heavy atom. The summed E-state index contributed by atoms with van der Waals surface area (Å²) >= 11 is 0. The molecule has 2 aromatic rings. The largest absolute Gasteiger partial charge is 0.397 e. The van der Waals surface area contributed by atoms with Gasteiger partial charge in [-0.2, -0.15) is 0 Å². The van der Waals surface area contributed by atoms with Gasteiger partial charge in [-0.05, 0) is 66.7 Å².